The van der Waals surface area contributed by atoms with Crippen molar-refractivity contribution in [3.8, 4) is 44.5 Å². The predicted molar refractivity (Wildman–Crippen MR) is 258 cm³/mol. The van der Waals surface area contributed by atoms with E-state index in [2.05, 4.69) is 219 Å². The van der Waals surface area contributed by atoms with E-state index in [9.17, 15) is 0 Å². The van der Waals surface area contributed by atoms with Crippen LogP contribution in [0, 0.1) is 5.92 Å². The van der Waals surface area contributed by atoms with Crippen molar-refractivity contribution in [1.82, 2.24) is 19.9 Å². The van der Waals surface area contributed by atoms with Crippen molar-refractivity contribution < 1.29 is 4.74 Å². The maximum absolute atomic E-state index is 6.49. The molecule has 4 aliphatic heterocycles. The summed E-state index contributed by atoms with van der Waals surface area (Å²) in [5, 5.41) is 0. The van der Waals surface area contributed by atoms with Crippen LogP contribution in [0.1, 0.15) is 40.8 Å². The normalized spacial score (nSPS) is 17.6. The molecule has 6 nitrogen and oxygen atoms in total. The third kappa shape index (κ3) is 6.19. The average molecular weight is 867 g/mol. The molecule has 7 heteroatoms. The Bertz CT molecular complexity index is 3230. The van der Waals surface area contributed by atoms with E-state index in [1.807, 2.05) is 0 Å². The molecule has 4 aliphatic rings. The SMILES string of the molecule is Brc1ccc(N2[C@H](c3cc4[nH]c3c(-c3ccccc3)c3nc(c(-c5ccccc5)c5nc(c(-c6ccccc6)c6ccc([nH]6)c4-c4ccccc4)C=C5)C=C3)[C@@H]3CCO[C@@H]32)cc1. The van der Waals surface area contributed by atoms with Crippen molar-refractivity contribution in [2.75, 3.05) is 11.5 Å². The molecule has 0 amide bonds. The monoisotopic (exact) mass is 865 g/mol. The van der Waals surface area contributed by atoms with Gasteiger partial charge in [0.05, 0.1) is 34.3 Å². The highest BCUT2D eigenvalue weighted by atomic mass is 79.9. The maximum atomic E-state index is 6.49. The summed E-state index contributed by atoms with van der Waals surface area (Å²) in [7, 11) is 0. The molecule has 8 aromatic rings. The summed E-state index contributed by atoms with van der Waals surface area (Å²) in [5.41, 5.74) is 18.4. The number of benzene rings is 5. The summed E-state index contributed by atoms with van der Waals surface area (Å²) in [6, 6.07) is 58.1. The third-order valence-electron chi connectivity index (χ3n) is 12.7. The smallest absolute Gasteiger partial charge is 0.135 e. The highest BCUT2D eigenvalue weighted by Crippen LogP contribution is 2.54. The molecule has 3 aromatic heterocycles. The summed E-state index contributed by atoms with van der Waals surface area (Å²) >= 11 is 3.68. The van der Waals surface area contributed by atoms with Crippen LogP contribution in [0.25, 0.3) is 90.9 Å². The molecule has 12 rings (SSSR count). The van der Waals surface area contributed by atoms with Gasteiger partial charge in [-0.2, -0.15) is 0 Å². The Morgan fingerprint density at radius 3 is 1.56 bits per heavy atom. The van der Waals surface area contributed by atoms with Gasteiger partial charge in [0.25, 0.3) is 0 Å². The lowest BCUT2D eigenvalue weighted by Crippen LogP contribution is -2.56. The molecule has 0 spiro atoms. The molecule has 298 valence electrons. The number of halogens is 1. The maximum Gasteiger partial charge on any atom is 0.135 e. The molecule has 3 atom stereocenters. The minimum absolute atomic E-state index is 0.00178. The first kappa shape index (κ1) is 36.8. The molecule has 0 unspecified atom stereocenters. The topological polar surface area (TPSA) is 69.8 Å². The second-order valence-electron chi connectivity index (χ2n) is 16.2. The summed E-state index contributed by atoms with van der Waals surface area (Å²) in [6.45, 7) is 0.733. The molecule has 0 aliphatic carbocycles. The van der Waals surface area contributed by atoms with E-state index in [1.165, 1.54) is 5.56 Å². The number of nitrogens with zero attached hydrogens (tertiary/aromatic N) is 3. The van der Waals surface area contributed by atoms with Crippen LogP contribution < -0.4 is 4.90 Å². The Morgan fingerprint density at radius 1 is 0.500 bits per heavy atom. The number of fused-ring (bicyclic) bond motifs is 9. The van der Waals surface area contributed by atoms with Gasteiger partial charge in [0.15, 0.2) is 0 Å². The van der Waals surface area contributed by atoms with E-state index in [-0.39, 0.29) is 12.3 Å². The van der Waals surface area contributed by atoms with E-state index < -0.39 is 0 Å². The molecule has 2 N–H and O–H groups in total. The predicted octanol–water partition coefficient (Wildman–Crippen LogP) is 14.0. The molecular formula is C55H40BrN5O. The Labute approximate surface area is 368 Å². The summed E-state index contributed by atoms with van der Waals surface area (Å²) < 4.78 is 7.54. The lowest BCUT2D eigenvalue weighted by Gasteiger charge is -2.52. The van der Waals surface area contributed by atoms with Crippen molar-refractivity contribution in [3.05, 3.63) is 197 Å². The van der Waals surface area contributed by atoms with Gasteiger partial charge in [0.2, 0.25) is 0 Å². The van der Waals surface area contributed by atoms with Gasteiger partial charge in [-0.3, -0.25) is 0 Å². The second kappa shape index (κ2) is 15.1. The number of H-pyrrole nitrogens is 2. The first-order valence-corrected chi connectivity index (χ1v) is 22.0. The lowest BCUT2D eigenvalue weighted by molar-refractivity contribution is 0.0207. The lowest BCUT2D eigenvalue weighted by atomic mass is 9.79. The zero-order valence-electron chi connectivity index (χ0n) is 33.7. The number of rotatable bonds is 6. The van der Waals surface area contributed by atoms with Crippen molar-refractivity contribution in [3.63, 3.8) is 0 Å². The van der Waals surface area contributed by atoms with E-state index in [0.717, 1.165) is 113 Å². The molecule has 7 heterocycles. The third-order valence-corrected chi connectivity index (χ3v) is 13.2. The van der Waals surface area contributed by atoms with Gasteiger partial charge in [-0.1, -0.05) is 137 Å². The van der Waals surface area contributed by atoms with Crippen molar-refractivity contribution in [1.29, 1.82) is 0 Å². The quantitative estimate of drug-likeness (QED) is 0.175. The average Bonchev–Trinajstić information content (AvgIpc) is 4.18. The number of hydrogen-bond acceptors (Lipinski definition) is 4. The van der Waals surface area contributed by atoms with Crippen molar-refractivity contribution >= 4 is 68.0 Å². The van der Waals surface area contributed by atoms with Gasteiger partial charge >= 0.3 is 0 Å². The number of aromatic amines is 2. The minimum atomic E-state index is -0.00178. The first-order chi connectivity index (χ1) is 30.7. The fraction of sp³-hybridized carbons (Fsp3) is 0.0909. The van der Waals surface area contributed by atoms with Gasteiger partial charge in [-0.25, -0.2) is 9.97 Å². The van der Waals surface area contributed by atoms with Crippen LogP contribution in [-0.4, -0.2) is 32.8 Å². The van der Waals surface area contributed by atoms with Crippen LogP contribution in [0.15, 0.2) is 168 Å². The highest BCUT2D eigenvalue weighted by molar-refractivity contribution is 9.10. The summed E-state index contributed by atoms with van der Waals surface area (Å²) in [6.07, 6.45) is 9.61. The zero-order valence-corrected chi connectivity index (χ0v) is 35.3. The van der Waals surface area contributed by atoms with Crippen LogP contribution in [-0.2, 0) is 4.74 Å². The van der Waals surface area contributed by atoms with Gasteiger partial charge in [0, 0.05) is 67.1 Å². The minimum Gasteiger partial charge on any atom is -0.358 e. The number of aromatic nitrogens is 4. The standard InChI is InChI=1S/C55H40BrN5O/c56-38-21-23-39(24-22-38)61-54(40-31-32-62-55(40)61)41-33-48-51(36-17-9-3-10-18-36)46-28-27-44(58-46)49(34-13-5-1-6-14-34)42-25-26-43(57-42)50(35-15-7-2-8-16-35)45-29-30-47(59-45)52(53(41)60-48)37-19-11-4-12-20-37/h1-30,33,40,54-55,58,60H,31-32H2/t40-,54-,55-/m0/s1. The first-order valence-electron chi connectivity index (χ1n) is 21.2. The summed E-state index contributed by atoms with van der Waals surface area (Å²) in [5.74, 6) is 0.311. The zero-order chi connectivity index (χ0) is 41.1. The number of ether oxygens (including phenoxy) is 1. The Kier molecular flexibility index (Phi) is 8.97. The fourth-order valence-electron chi connectivity index (χ4n) is 9.93. The van der Waals surface area contributed by atoms with Gasteiger partial charge in [0.1, 0.15) is 6.23 Å². The summed E-state index contributed by atoms with van der Waals surface area (Å²) in [4.78, 5) is 21.6. The second-order valence-corrected chi connectivity index (χ2v) is 17.2. The largest absolute Gasteiger partial charge is 0.358 e. The molecule has 0 saturated carbocycles. The number of hydrogen-bond donors (Lipinski definition) is 2. The molecular weight excluding hydrogens is 827 g/mol. The van der Waals surface area contributed by atoms with Crippen molar-refractivity contribution in [2.24, 2.45) is 5.92 Å². The molecule has 5 aromatic carbocycles. The van der Waals surface area contributed by atoms with Crippen LogP contribution in [0.2, 0.25) is 0 Å². The molecule has 0 radical (unpaired) electrons. The van der Waals surface area contributed by atoms with E-state index in [4.69, 9.17) is 14.7 Å². The van der Waals surface area contributed by atoms with E-state index in [1.54, 1.807) is 0 Å². The molecule has 8 bridgehead atoms. The van der Waals surface area contributed by atoms with Crippen LogP contribution >= 0.6 is 15.9 Å². The van der Waals surface area contributed by atoms with E-state index >= 15 is 0 Å². The number of nitrogens with one attached hydrogen (secondary N) is 2. The Morgan fingerprint density at radius 2 is 0.984 bits per heavy atom. The van der Waals surface area contributed by atoms with Crippen molar-refractivity contribution in [2.45, 2.75) is 18.7 Å². The van der Waals surface area contributed by atoms with Crippen LogP contribution in [0.3, 0.4) is 0 Å². The van der Waals surface area contributed by atoms with Gasteiger partial charge < -0.3 is 19.6 Å². The molecule has 2 saturated heterocycles. The Hall–Kier alpha value is -7.06. The van der Waals surface area contributed by atoms with Crippen LogP contribution in [0.4, 0.5) is 5.69 Å². The van der Waals surface area contributed by atoms with Gasteiger partial charge in [-0.15, -0.1) is 0 Å². The molecule has 2 fully saturated rings. The van der Waals surface area contributed by atoms with Gasteiger partial charge in [-0.05, 0) is 95.4 Å². The highest BCUT2D eigenvalue weighted by Gasteiger charge is 2.53. The van der Waals surface area contributed by atoms with E-state index in [0.29, 0.717) is 5.92 Å². The fourth-order valence-corrected chi connectivity index (χ4v) is 10.2. The Balaban J connectivity index is 1.26. The number of anilines is 1. The van der Waals surface area contributed by atoms with Crippen LogP contribution in [0.5, 0.6) is 0 Å². The molecule has 62 heavy (non-hydrogen) atoms.